The van der Waals surface area contributed by atoms with Crippen molar-refractivity contribution >= 4 is 18.4 Å². The molecule has 1 fully saturated rings. The van der Waals surface area contributed by atoms with Crippen LogP contribution in [0.25, 0.3) is 0 Å². The molecule has 1 aromatic rings. The number of carbonyl (C=O) groups is 1. The molecule has 0 saturated carbocycles. The first kappa shape index (κ1) is 19.0. The summed E-state index contributed by atoms with van der Waals surface area (Å²) in [6.07, 6.45) is -5.34. The Bertz CT molecular complexity index is 593. The molecule has 132 valence electrons. The van der Waals surface area contributed by atoms with E-state index < -0.39 is 42.6 Å². The summed E-state index contributed by atoms with van der Waals surface area (Å²) in [6.45, 7) is 9.41. The predicted octanol–water partition coefficient (Wildman–Crippen LogP) is 3.61. The number of Topliss-reactive ketones (excluding diaryl/α,β-unsaturated/α-hetero) is 1. The fourth-order valence-electron chi connectivity index (χ4n) is 2.47. The lowest BCUT2D eigenvalue weighted by Gasteiger charge is -2.32. The molecule has 2 rings (SSSR count). The van der Waals surface area contributed by atoms with Gasteiger partial charge >= 0.3 is 13.3 Å². The third-order valence-corrected chi connectivity index (χ3v) is 4.84. The fourth-order valence-corrected chi connectivity index (χ4v) is 2.47. The maximum atomic E-state index is 12.4. The average Bonchev–Trinajstić information content (AvgIpc) is 2.66. The highest BCUT2D eigenvalue weighted by atomic mass is 19.4. The van der Waals surface area contributed by atoms with E-state index >= 15 is 0 Å². The van der Waals surface area contributed by atoms with Crippen molar-refractivity contribution in [1.29, 1.82) is 0 Å². The summed E-state index contributed by atoms with van der Waals surface area (Å²) in [5.74, 6) is -2.21. The molecular weight excluding hydrogens is 320 g/mol. The summed E-state index contributed by atoms with van der Waals surface area (Å²) < 4.78 is 48.9. The molecule has 0 aliphatic carbocycles. The van der Waals surface area contributed by atoms with Gasteiger partial charge in [-0.25, -0.2) is 0 Å². The van der Waals surface area contributed by atoms with Crippen molar-refractivity contribution in [3.05, 3.63) is 29.8 Å². The normalized spacial score (nSPS) is 20.9. The second-order valence-corrected chi connectivity index (χ2v) is 7.28. The van der Waals surface area contributed by atoms with Gasteiger partial charge in [-0.05, 0) is 44.6 Å². The van der Waals surface area contributed by atoms with Gasteiger partial charge in [-0.1, -0.05) is 31.2 Å². The van der Waals surface area contributed by atoms with E-state index in [-0.39, 0.29) is 0 Å². The third-order valence-electron chi connectivity index (χ3n) is 4.84. The molecule has 1 atom stereocenters. The molecule has 1 aromatic carbocycles. The predicted molar refractivity (Wildman–Crippen MR) is 86.3 cm³/mol. The van der Waals surface area contributed by atoms with Crippen molar-refractivity contribution in [2.45, 2.75) is 64.3 Å². The lowest BCUT2D eigenvalue weighted by Crippen LogP contribution is -2.41. The molecule has 3 nitrogen and oxygen atoms in total. The quantitative estimate of drug-likeness (QED) is 0.785. The number of hydrogen-bond acceptors (Lipinski definition) is 3. The Morgan fingerprint density at radius 2 is 1.54 bits per heavy atom. The minimum atomic E-state index is -4.78. The van der Waals surface area contributed by atoms with Crippen LogP contribution in [-0.2, 0) is 14.1 Å². The Morgan fingerprint density at radius 1 is 1.08 bits per heavy atom. The molecule has 0 spiro atoms. The largest absolute Gasteiger partial charge is 0.494 e. The van der Waals surface area contributed by atoms with Crippen LogP contribution in [0.3, 0.4) is 0 Å². The molecule has 0 unspecified atom stereocenters. The highest BCUT2D eigenvalue weighted by Gasteiger charge is 2.51. The summed E-state index contributed by atoms with van der Waals surface area (Å²) in [7, 11) is -0.517. The van der Waals surface area contributed by atoms with Gasteiger partial charge in [0, 0.05) is 6.42 Å². The molecule has 1 heterocycles. The van der Waals surface area contributed by atoms with Gasteiger partial charge in [-0.3, -0.25) is 4.79 Å². The first-order valence-electron chi connectivity index (χ1n) is 7.89. The van der Waals surface area contributed by atoms with Crippen LogP contribution in [0.15, 0.2) is 24.3 Å². The van der Waals surface area contributed by atoms with Crippen LogP contribution < -0.4 is 5.46 Å². The van der Waals surface area contributed by atoms with Gasteiger partial charge in [-0.15, -0.1) is 0 Å². The summed E-state index contributed by atoms with van der Waals surface area (Å²) >= 11 is 0. The van der Waals surface area contributed by atoms with Crippen LogP contribution in [0.4, 0.5) is 13.2 Å². The molecule has 0 radical (unpaired) electrons. The van der Waals surface area contributed by atoms with Gasteiger partial charge in [0.25, 0.3) is 0 Å². The van der Waals surface area contributed by atoms with E-state index in [4.69, 9.17) is 9.31 Å². The van der Waals surface area contributed by atoms with E-state index in [2.05, 4.69) is 0 Å². The lowest BCUT2D eigenvalue weighted by molar-refractivity contribution is -0.171. The molecule has 0 amide bonds. The number of benzene rings is 1. The second-order valence-electron chi connectivity index (χ2n) is 7.28. The Morgan fingerprint density at radius 3 is 1.96 bits per heavy atom. The Balaban J connectivity index is 2.08. The van der Waals surface area contributed by atoms with Crippen molar-refractivity contribution in [3.63, 3.8) is 0 Å². The Hall–Kier alpha value is -1.34. The van der Waals surface area contributed by atoms with Gasteiger partial charge in [0.05, 0.1) is 11.2 Å². The Labute approximate surface area is 140 Å². The van der Waals surface area contributed by atoms with E-state index in [1.165, 1.54) is 0 Å². The summed E-state index contributed by atoms with van der Waals surface area (Å²) in [5, 5.41) is 0. The van der Waals surface area contributed by atoms with Gasteiger partial charge in [0.2, 0.25) is 5.78 Å². The first-order valence-corrected chi connectivity index (χ1v) is 7.89. The molecular formula is C17H22BF3O3. The van der Waals surface area contributed by atoms with Crippen LogP contribution in [0, 0.1) is 0 Å². The van der Waals surface area contributed by atoms with E-state index in [0.717, 1.165) is 5.46 Å². The van der Waals surface area contributed by atoms with Gasteiger partial charge < -0.3 is 9.31 Å². The summed E-state index contributed by atoms with van der Waals surface area (Å²) in [4.78, 5) is 11.1. The average molecular weight is 342 g/mol. The molecule has 0 N–H and O–H groups in total. The topological polar surface area (TPSA) is 35.5 Å². The lowest BCUT2D eigenvalue weighted by atomic mass is 9.78. The van der Waals surface area contributed by atoms with Crippen molar-refractivity contribution in [3.8, 4) is 0 Å². The summed E-state index contributed by atoms with van der Waals surface area (Å²) in [6, 6.07) is 6.97. The fraction of sp³-hybridized carbons (Fsp3) is 0.588. The second kappa shape index (κ2) is 6.19. The van der Waals surface area contributed by atoms with Crippen LogP contribution >= 0.6 is 0 Å². The van der Waals surface area contributed by atoms with E-state index in [9.17, 15) is 18.0 Å². The van der Waals surface area contributed by atoms with E-state index in [1.807, 2.05) is 27.7 Å². The monoisotopic (exact) mass is 342 g/mol. The van der Waals surface area contributed by atoms with Crippen LogP contribution in [-0.4, -0.2) is 30.3 Å². The molecule has 1 aliphatic heterocycles. The van der Waals surface area contributed by atoms with E-state index in [1.54, 1.807) is 31.2 Å². The minimum absolute atomic E-state index is 0.456. The number of carbonyl (C=O) groups excluding carboxylic acids is 1. The minimum Gasteiger partial charge on any atom is -0.399 e. The van der Waals surface area contributed by atoms with Crippen LogP contribution in [0.2, 0.25) is 0 Å². The van der Waals surface area contributed by atoms with Crippen molar-refractivity contribution in [1.82, 2.24) is 0 Å². The van der Waals surface area contributed by atoms with Crippen molar-refractivity contribution < 1.29 is 27.3 Å². The maximum absolute atomic E-state index is 12.4. The third kappa shape index (κ3) is 3.83. The first-order chi connectivity index (χ1) is 10.8. The standard InChI is InChI=1S/C17H22BF3O3/c1-11(10-14(22)17(19,20)21)12-6-8-13(9-7-12)18-23-15(2,3)16(4,5)24-18/h6-9,11H,10H2,1-5H3/t11-/m1/s1. The number of hydrogen-bond donors (Lipinski definition) is 0. The number of rotatable bonds is 4. The zero-order valence-corrected chi connectivity index (χ0v) is 14.5. The zero-order chi connectivity index (χ0) is 18.3. The van der Waals surface area contributed by atoms with Gasteiger partial charge in [0.15, 0.2) is 0 Å². The van der Waals surface area contributed by atoms with Crippen LogP contribution in [0.5, 0.6) is 0 Å². The van der Waals surface area contributed by atoms with E-state index in [0.29, 0.717) is 5.56 Å². The molecule has 1 aliphatic rings. The Kier molecular flexibility index (Phi) is 4.90. The SMILES string of the molecule is C[C@H](CC(=O)C(F)(F)F)c1ccc(B2OC(C)(C)C(C)(C)O2)cc1. The molecule has 24 heavy (non-hydrogen) atoms. The smallest absolute Gasteiger partial charge is 0.399 e. The van der Waals surface area contributed by atoms with Crippen molar-refractivity contribution in [2.24, 2.45) is 0 Å². The highest BCUT2D eigenvalue weighted by Crippen LogP contribution is 2.36. The molecule has 0 bridgehead atoms. The maximum Gasteiger partial charge on any atom is 0.494 e. The van der Waals surface area contributed by atoms with Crippen molar-refractivity contribution in [2.75, 3.05) is 0 Å². The highest BCUT2D eigenvalue weighted by molar-refractivity contribution is 6.62. The number of alkyl halides is 3. The van der Waals surface area contributed by atoms with Gasteiger partial charge in [0.1, 0.15) is 0 Å². The molecule has 7 heteroatoms. The number of ketones is 1. The molecule has 1 saturated heterocycles. The summed E-state index contributed by atoms with van der Waals surface area (Å²) in [5.41, 5.74) is 0.561. The van der Waals surface area contributed by atoms with Gasteiger partial charge in [-0.2, -0.15) is 13.2 Å². The van der Waals surface area contributed by atoms with Crippen LogP contribution in [0.1, 0.15) is 52.5 Å². The zero-order valence-electron chi connectivity index (χ0n) is 14.5. The molecule has 0 aromatic heterocycles. The number of halogens is 3.